The molecule has 25 heavy (non-hydrogen) atoms. The Morgan fingerprint density at radius 3 is 2.76 bits per heavy atom. The highest BCUT2D eigenvalue weighted by Crippen LogP contribution is 2.31. The average Bonchev–Trinajstić information content (AvgIpc) is 3.25. The van der Waals surface area contributed by atoms with Crippen molar-refractivity contribution in [3.63, 3.8) is 0 Å². The number of rotatable bonds is 2. The Hall–Kier alpha value is -3.12. The fourth-order valence-corrected chi connectivity index (χ4v) is 3.93. The van der Waals surface area contributed by atoms with Crippen LogP contribution in [0.25, 0.3) is 37.5 Å². The van der Waals surface area contributed by atoms with E-state index in [2.05, 4.69) is 28.1 Å². The van der Waals surface area contributed by atoms with Crippen molar-refractivity contribution in [1.29, 1.82) is 0 Å². The molecule has 0 N–H and O–H groups in total. The number of hydrogen-bond acceptors (Lipinski definition) is 5. The van der Waals surface area contributed by atoms with Crippen molar-refractivity contribution >= 4 is 32.6 Å². The third kappa shape index (κ3) is 2.22. The summed E-state index contributed by atoms with van der Waals surface area (Å²) >= 11 is 1.61. The number of hydrogen-bond donors (Lipinski definition) is 0. The van der Waals surface area contributed by atoms with Gasteiger partial charge in [0.05, 0.1) is 16.4 Å². The van der Waals surface area contributed by atoms with Crippen LogP contribution in [0.3, 0.4) is 0 Å². The minimum absolute atomic E-state index is 0.805. The van der Waals surface area contributed by atoms with E-state index >= 15 is 0 Å². The molecule has 4 aromatic heterocycles. The van der Waals surface area contributed by atoms with Gasteiger partial charge in [0.1, 0.15) is 0 Å². The lowest BCUT2D eigenvalue weighted by Crippen LogP contribution is -1.96. The highest BCUT2D eigenvalue weighted by atomic mass is 32.1. The number of para-hydroxylation sites is 1. The quantitative estimate of drug-likeness (QED) is 0.477. The lowest BCUT2D eigenvalue weighted by atomic mass is 10.0. The van der Waals surface area contributed by atoms with E-state index < -0.39 is 0 Å². The Balaban J connectivity index is 1.74. The smallest absolute Gasteiger partial charge is 0.213 e. The second-order valence-corrected chi connectivity index (χ2v) is 6.82. The summed E-state index contributed by atoms with van der Waals surface area (Å²) in [4.78, 5) is 13.5. The number of benzene rings is 1. The highest BCUT2D eigenvalue weighted by Gasteiger charge is 2.15. The fraction of sp³-hybridized carbons (Fsp3) is 0.0526. The number of fused-ring (bicyclic) bond motifs is 2. The van der Waals surface area contributed by atoms with Crippen LogP contribution in [0.2, 0.25) is 0 Å². The first kappa shape index (κ1) is 14.2. The lowest BCUT2D eigenvalue weighted by molar-refractivity contribution is 0.889. The Morgan fingerprint density at radius 1 is 0.960 bits per heavy atom. The SMILES string of the molecule is Cc1ccncc1-c1ccnc2c1cnn2-c1nc2ccccc2s1. The average molecular weight is 343 g/mol. The molecule has 1 aromatic carbocycles. The molecule has 0 fully saturated rings. The zero-order valence-electron chi connectivity index (χ0n) is 13.4. The van der Waals surface area contributed by atoms with Gasteiger partial charge in [0.25, 0.3) is 0 Å². The first-order valence-corrected chi connectivity index (χ1v) is 8.72. The summed E-state index contributed by atoms with van der Waals surface area (Å²) in [7, 11) is 0. The third-order valence-corrected chi connectivity index (χ3v) is 5.28. The largest absolute Gasteiger partial charge is 0.264 e. The van der Waals surface area contributed by atoms with Gasteiger partial charge in [-0.1, -0.05) is 23.5 Å². The van der Waals surface area contributed by atoms with Crippen molar-refractivity contribution in [2.45, 2.75) is 6.92 Å². The summed E-state index contributed by atoms with van der Waals surface area (Å²) in [6.07, 6.45) is 7.37. The van der Waals surface area contributed by atoms with Crippen LogP contribution in [-0.2, 0) is 0 Å². The van der Waals surface area contributed by atoms with Gasteiger partial charge >= 0.3 is 0 Å². The third-order valence-electron chi connectivity index (χ3n) is 4.27. The molecule has 0 spiro atoms. The molecule has 0 radical (unpaired) electrons. The van der Waals surface area contributed by atoms with Crippen LogP contribution < -0.4 is 0 Å². The van der Waals surface area contributed by atoms with Gasteiger partial charge in [0, 0.05) is 29.5 Å². The minimum atomic E-state index is 0.805. The van der Waals surface area contributed by atoms with Gasteiger partial charge in [-0.3, -0.25) is 4.98 Å². The van der Waals surface area contributed by atoms with Crippen molar-refractivity contribution in [3.05, 3.63) is 66.7 Å². The Bertz CT molecular complexity index is 1190. The Labute approximate surface area is 147 Å². The molecule has 120 valence electrons. The molecule has 0 atom stereocenters. The highest BCUT2D eigenvalue weighted by molar-refractivity contribution is 7.20. The molecule has 0 aliphatic rings. The van der Waals surface area contributed by atoms with Crippen LogP contribution >= 0.6 is 11.3 Å². The van der Waals surface area contributed by atoms with E-state index in [9.17, 15) is 0 Å². The monoisotopic (exact) mass is 343 g/mol. The molecule has 5 rings (SSSR count). The topological polar surface area (TPSA) is 56.5 Å². The molecule has 0 saturated heterocycles. The second kappa shape index (κ2) is 5.46. The Kier molecular flexibility index (Phi) is 3.11. The summed E-state index contributed by atoms with van der Waals surface area (Å²) in [5.41, 5.74) is 5.14. The first-order valence-electron chi connectivity index (χ1n) is 7.91. The molecule has 0 unspecified atom stereocenters. The molecule has 0 amide bonds. The van der Waals surface area contributed by atoms with Crippen molar-refractivity contribution < 1.29 is 0 Å². The summed E-state index contributed by atoms with van der Waals surface area (Å²) in [5, 5.41) is 6.38. The summed E-state index contributed by atoms with van der Waals surface area (Å²) in [6, 6.07) is 12.1. The van der Waals surface area contributed by atoms with E-state index in [-0.39, 0.29) is 0 Å². The summed E-state index contributed by atoms with van der Waals surface area (Å²) in [5.74, 6) is 0. The van der Waals surface area contributed by atoms with E-state index in [0.717, 1.165) is 37.5 Å². The zero-order chi connectivity index (χ0) is 16.8. The number of aromatic nitrogens is 5. The van der Waals surface area contributed by atoms with Gasteiger partial charge in [-0.15, -0.1) is 0 Å². The molecule has 0 aliphatic heterocycles. The van der Waals surface area contributed by atoms with Gasteiger partial charge in [-0.2, -0.15) is 9.78 Å². The molecule has 0 bridgehead atoms. The van der Waals surface area contributed by atoms with Gasteiger partial charge in [-0.25, -0.2) is 9.97 Å². The molecular formula is C19H13N5S. The predicted octanol–water partition coefficient (Wildman–Crippen LogP) is 4.40. The van der Waals surface area contributed by atoms with E-state index in [0.29, 0.717) is 0 Å². The lowest BCUT2D eigenvalue weighted by Gasteiger charge is -2.06. The summed E-state index contributed by atoms with van der Waals surface area (Å²) < 4.78 is 2.95. The van der Waals surface area contributed by atoms with Crippen molar-refractivity contribution in [2.75, 3.05) is 0 Å². The molecular weight excluding hydrogens is 330 g/mol. The predicted molar refractivity (Wildman–Crippen MR) is 100 cm³/mol. The maximum atomic E-state index is 4.69. The standard InChI is InChI=1S/C19H13N5S/c1-12-6-8-20-10-14(12)13-7-9-21-18-15(13)11-22-24(18)19-23-16-4-2-3-5-17(16)25-19/h2-11H,1H3. The number of aryl methyl sites for hydroxylation is 1. The van der Waals surface area contributed by atoms with E-state index in [1.54, 1.807) is 11.3 Å². The van der Waals surface area contributed by atoms with E-state index in [1.165, 1.54) is 5.56 Å². The number of nitrogens with zero attached hydrogens (tertiary/aromatic N) is 5. The van der Waals surface area contributed by atoms with Crippen molar-refractivity contribution in [3.8, 4) is 16.3 Å². The van der Waals surface area contributed by atoms with E-state index in [1.807, 2.05) is 59.8 Å². The maximum absolute atomic E-state index is 4.69. The molecule has 0 aliphatic carbocycles. The second-order valence-electron chi connectivity index (χ2n) is 5.81. The Morgan fingerprint density at radius 2 is 1.88 bits per heavy atom. The molecule has 6 heteroatoms. The van der Waals surface area contributed by atoms with Gasteiger partial charge in [0.15, 0.2) is 5.65 Å². The maximum Gasteiger partial charge on any atom is 0.213 e. The summed E-state index contributed by atoms with van der Waals surface area (Å²) in [6.45, 7) is 2.08. The van der Waals surface area contributed by atoms with Crippen LogP contribution in [-0.4, -0.2) is 24.7 Å². The van der Waals surface area contributed by atoms with Crippen molar-refractivity contribution in [2.24, 2.45) is 0 Å². The van der Waals surface area contributed by atoms with Crippen molar-refractivity contribution in [1.82, 2.24) is 24.7 Å². The first-order chi connectivity index (χ1) is 12.3. The molecule has 4 heterocycles. The minimum Gasteiger partial charge on any atom is -0.264 e. The van der Waals surface area contributed by atoms with Gasteiger partial charge in [0.2, 0.25) is 5.13 Å². The normalized spacial score (nSPS) is 11.4. The van der Waals surface area contributed by atoms with Crippen LogP contribution in [0.1, 0.15) is 5.56 Å². The van der Waals surface area contributed by atoms with Crippen LogP contribution in [0, 0.1) is 6.92 Å². The fourth-order valence-electron chi connectivity index (χ4n) is 3.00. The molecule has 5 nitrogen and oxygen atoms in total. The van der Waals surface area contributed by atoms with Gasteiger partial charge in [-0.05, 0) is 42.3 Å². The van der Waals surface area contributed by atoms with Gasteiger partial charge < -0.3 is 0 Å². The number of pyridine rings is 2. The molecule has 5 aromatic rings. The van der Waals surface area contributed by atoms with E-state index in [4.69, 9.17) is 4.98 Å². The van der Waals surface area contributed by atoms with Crippen LogP contribution in [0.4, 0.5) is 0 Å². The van der Waals surface area contributed by atoms with Crippen LogP contribution in [0.5, 0.6) is 0 Å². The molecule has 0 saturated carbocycles. The van der Waals surface area contributed by atoms with Crippen LogP contribution in [0.15, 0.2) is 61.2 Å². The number of thiazole rings is 1. The zero-order valence-corrected chi connectivity index (χ0v) is 14.2.